The number of ether oxygens (including phenoxy) is 1. The number of nitrogens with zero attached hydrogens (tertiary/aromatic N) is 2. The Morgan fingerprint density at radius 2 is 2.11 bits per heavy atom. The number of hydrogen-bond acceptors (Lipinski definition) is 3. The van der Waals surface area contributed by atoms with Crippen molar-refractivity contribution in [3.8, 4) is 5.75 Å². The van der Waals surface area contributed by atoms with Gasteiger partial charge in [0.15, 0.2) is 0 Å². The first-order valence-electron chi connectivity index (χ1n) is 6.03. The van der Waals surface area contributed by atoms with Crippen LogP contribution in [0.3, 0.4) is 0 Å². The van der Waals surface area contributed by atoms with E-state index in [4.69, 9.17) is 4.74 Å². The van der Waals surface area contributed by atoms with E-state index in [0.717, 1.165) is 23.4 Å². The summed E-state index contributed by atoms with van der Waals surface area (Å²) in [4.78, 5) is 0. The summed E-state index contributed by atoms with van der Waals surface area (Å²) in [6, 6.07) is 10.3. The molecule has 1 atom stereocenters. The summed E-state index contributed by atoms with van der Waals surface area (Å²) in [6.45, 7) is 0. The molecule has 0 aliphatic carbocycles. The lowest BCUT2D eigenvalue weighted by atomic mass is 10.0. The lowest BCUT2D eigenvalue weighted by Gasteiger charge is -2.18. The summed E-state index contributed by atoms with van der Waals surface area (Å²) < 4.78 is 7.23. The van der Waals surface area contributed by atoms with Crippen molar-refractivity contribution in [3.63, 3.8) is 0 Å². The molecule has 0 aliphatic rings. The number of aromatic nitrogens is 2. The average molecular weight is 245 g/mol. The fraction of sp³-hybridized carbons (Fsp3) is 0.357. The van der Waals surface area contributed by atoms with E-state index < -0.39 is 0 Å². The van der Waals surface area contributed by atoms with Crippen LogP contribution in [0.15, 0.2) is 36.5 Å². The van der Waals surface area contributed by atoms with Crippen LogP contribution in [0.4, 0.5) is 0 Å². The molecule has 1 unspecified atom stereocenters. The molecule has 1 aromatic heterocycles. The number of hydrogen-bond donors (Lipinski definition) is 1. The minimum absolute atomic E-state index is 0.205. The molecular formula is C14H19N3O. The molecule has 0 fully saturated rings. The Morgan fingerprint density at radius 3 is 2.72 bits per heavy atom. The van der Waals surface area contributed by atoms with Crippen LogP contribution in [0.25, 0.3) is 0 Å². The van der Waals surface area contributed by atoms with Gasteiger partial charge in [-0.25, -0.2) is 0 Å². The molecule has 96 valence electrons. The summed E-state index contributed by atoms with van der Waals surface area (Å²) >= 11 is 0. The van der Waals surface area contributed by atoms with E-state index in [1.807, 2.05) is 49.2 Å². The van der Waals surface area contributed by atoms with Crippen molar-refractivity contribution in [2.24, 2.45) is 7.05 Å². The monoisotopic (exact) mass is 245 g/mol. The second kappa shape index (κ2) is 5.69. The van der Waals surface area contributed by atoms with Gasteiger partial charge in [-0.2, -0.15) is 5.10 Å². The normalized spacial score (nSPS) is 12.4. The molecule has 2 rings (SSSR count). The number of benzene rings is 1. The molecule has 0 saturated heterocycles. The molecule has 2 aromatic rings. The van der Waals surface area contributed by atoms with Crippen LogP contribution in [0.2, 0.25) is 0 Å². The van der Waals surface area contributed by atoms with Gasteiger partial charge < -0.3 is 10.1 Å². The lowest BCUT2D eigenvalue weighted by molar-refractivity contribution is 0.401. The Bertz CT molecular complexity index is 507. The maximum absolute atomic E-state index is 5.41. The van der Waals surface area contributed by atoms with Crippen molar-refractivity contribution in [3.05, 3.63) is 47.8 Å². The van der Waals surface area contributed by atoms with Gasteiger partial charge in [-0.05, 0) is 19.2 Å². The Kier molecular flexibility index (Phi) is 3.99. The van der Waals surface area contributed by atoms with Gasteiger partial charge in [0.25, 0.3) is 0 Å². The van der Waals surface area contributed by atoms with Gasteiger partial charge >= 0.3 is 0 Å². The summed E-state index contributed by atoms with van der Waals surface area (Å²) in [7, 11) is 5.59. The second-order valence-corrected chi connectivity index (χ2v) is 4.27. The topological polar surface area (TPSA) is 39.1 Å². The van der Waals surface area contributed by atoms with Gasteiger partial charge in [0.2, 0.25) is 0 Å². The third kappa shape index (κ3) is 2.71. The molecule has 1 N–H and O–H groups in total. The fourth-order valence-electron chi connectivity index (χ4n) is 2.10. The highest BCUT2D eigenvalue weighted by atomic mass is 16.5. The van der Waals surface area contributed by atoms with Crippen LogP contribution in [-0.2, 0) is 13.5 Å². The Hall–Kier alpha value is -1.81. The predicted molar refractivity (Wildman–Crippen MR) is 71.7 cm³/mol. The van der Waals surface area contributed by atoms with Crippen LogP contribution in [-0.4, -0.2) is 23.9 Å². The molecule has 0 bridgehead atoms. The van der Waals surface area contributed by atoms with Crippen LogP contribution in [0.1, 0.15) is 17.3 Å². The third-order valence-corrected chi connectivity index (χ3v) is 3.04. The van der Waals surface area contributed by atoms with Crippen LogP contribution < -0.4 is 10.1 Å². The standard InChI is InChI=1S/C14H19N3O/c1-15-13(10-11-8-9-17(2)16-11)12-6-4-5-7-14(12)18-3/h4-9,13,15H,10H2,1-3H3. The van der Waals surface area contributed by atoms with Crippen LogP contribution in [0.5, 0.6) is 5.75 Å². The molecule has 0 amide bonds. The van der Waals surface area contributed by atoms with Crippen molar-refractivity contribution in [2.75, 3.05) is 14.2 Å². The van der Waals surface area contributed by atoms with Gasteiger partial charge in [0, 0.05) is 31.3 Å². The van der Waals surface area contributed by atoms with Crippen LogP contribution >= 0.6 is 0 Å². The Balaban J connectivity index is 2.22. The SMILES string of the molecule is CNC(Cc1ccn(C)n1)c1ccccc1OC. The molecule has 0 saturated carbocycles. The number of rotatable bonds is 5. The number of aryl methyl sites for hydroxylation is 1. The molecule has 4 nitrogen and oxygen atoms in total. The van der Waals surface area contributed by atoms with Crippen molar-refractivity contribution in [1.82, 2.24) is 15.1 Å². The second-order valence-electron chi connectivity index (χ2n) is 4.27. The number of para-hydroxylation sites is 1. The van der Waals surface area contributed by atoms with Crippen molar-refractivity contribution >= 4 is 0 Å². The van der Waals surface area contributed by atoms with Gasteiger partial charge in [0.1, 0.15) is 5.75 Å². The largest absolute Gasteiger partial charge is 0.496 e. The zero-order chi connectivity index (χ0) is 13.0. The molecule has 18 heavy (non-hydrogen) atoms. The molecule has 0 radical (unpaired) electrons. The van der Waals surface area contributed by atoms with E-state index in [-0.39, 0.29) is 6.04 Å². The van der Waals surface area contributed by atoms with Crippen molar-refractivity contribution < 1.29 is 4.74 Å². The molecular weight excluding hydrogens is 226 g/mol. The minimum Gasteiger partial charge on any atom is -0.496 e. The van der Waals surface area contributed by atoms with E-state index in [9.17, 15) is 0 Å². The molecule has 0 aliphatic heterocycles. The third-order valence-electron chi connectivity index (χ3n) is 3.04. The Morgan fingerprint density at radius 1 is 1.33 bits per heavy atom. The van der Waals surface area contributed by atoms with E-state index in [2.05, 4.69) is 16.5 Å². The van der Waals surface area contributed by atoms with Gasteiger partial charge in [-0.1, -0.05) is 18.2 Å². The van der Waals surface area contributed by atoms with E-state index >= 15 is 0 Å². The highest BCUT2D eigenvalue weighted by molar-refractivity contribution is 5.36. The maximum atomic E-state index is 5.41. The first-order valence-corrected chi connectivity index (χ1v) is 6.03. The highest BCUT2D eigenvalue weighted by Gasteiger charge is 2.15. The molecule has 4 heteroatoms. The maximum Gasteiger partial charge on any atom is 0.123 e. The van der Waals surface area contributed by atoms with Crippen LogP contribution in [0, 0.1) is 0 Å². The van der Waals surface area contributed by atoms with Crippen molar-refractivity contribution in [1.29, 1.82) is 0 Å². The highest BCUT2D eigenvalue weighted by Crippen LogP contribution is 2.26. The van der Waals surface area contributed by atoms with Gasteiger partial charge in [-0.15, -0.1) is 0 Å². The summed E-state index contributed by atoms with van der Waals surface area (Å²) in [5, 5.41) is 7.74. The Labute approximate surface area is 108 Å². The summed E-state index contributed by atoms with van der Waals surface area (Å²) in [6.07, 6.45) is 2.81. The van der Waals surface area contributed by atoms with E-state index in [1.165, 1.54) is 0 Å². The smallest absolute Gasteiger partial charge is 0.123 e. The first kappa shape index (κ1) is 12.6. The summed E-state index contributed by atoms with van der Waals surface area (Å²) in [5.41, 5.74) is 2.23. The first-order chi connectivity index (χ1) is 8.74. The molecule has 1 heterocycles. The number of likely N-dealkylation sites (N-methyl/N-ethyl adjacent to an activating group) is 1. The van der Waals surface area contributed by atoms with Crippen molar-refractivity contribution in [2.45, 2.75) is 12.5 Å². The van der Waals surface area contributed by atoms with Gasteiger partial charge in [-0.3, -0.25) is 4.68 Å². The zero-order valence-electron chi connectivity index (χ0n) is 11.1. The quantitative estimate of drug-likeness (QED) is 0.875. The summed E-state index contributed by atoms with van der Waals surface area (Å²) in [5.74, 6) is 0.910. The number of nitrogens with one attached hydrogen (secondary N) is 1. The fourth-order valence-corrected chi connectivity index (χ4v) is 2.10. The van der Waals surface area contributed by atoms with E-state index in [1.54, 1.807) is 7.11 Å². The number of methoxy groups -OCH3 is 1. The minimum atomic E-state index is 0.205. The zero-order valence-corrected chi connectivity index (χ0v) is 11.1. The lowest BCUT2D eigenvalue weighted by Crippen LogP contribution is -2.19. The van der Waals surface area contributed by atoms with Gasteiger partial charge in [0.05, 0.1) is 12.8 Å². The average Bonchev–Trinajstić information content (AvgIpc) is 2.81. The molecule has 1 aromatic carbocycles. The van der Waals surface area contributed by atoms with E-state index in [0.29, 0.717) is 0 Å². The predicted octanol–water partition coefficient (Wildman–Crippen LogP) is 1.93. The molecule has 0 spiro atoms.